The van der Waals surface area contributed by atoms with E-state index < -0.39 is 12.0 Å². The van der Waals surface area contributed by atoms with Crippen molar-refractivity contribution in [2.24, 2.45) is 5.73 Å². The zero-order chi connectivity index (χ0) is 18.4. The average molecular weight is 353 g/mol. The van der Waals surface area contributed by atoms with Crippen LogP contribution < -0.4 is 10.5 Å². The molecule has 0 bridgehead atoms. The van der Waals surface area contributed by atoms with Crippen LogP contribution in [0.3, 0.4) is 0 Å². The van der Waals surface area contributed by atoms with E-state index >= 15 is 0 Å². The fourth-order valence-corrected chi connectivity index (χ4v) is 2.38. The number of aliphatic carboxylic acids is 1. The summed E-state index contributed by atoms with van der Waals surface area (Å²) in [6.07, 6.45) is -0.148. The van der Waals surface area contributed by atoms with Crippen molar-refractivity contribution in [3.8, 4) is 17.1 Å². The number of nitrogens with two attached hydrogens (primary N) is 1. The smallest absolute Gasteiger partial charge is 0.304 e. The van der Waals surface area contributed by atoms with E-state index in [0.29, 0.717) is 12.4 Å². The van der Waals surface area contributed by atoms with Crippen molar-refractivity contribution in [2.75, 3.05) is 0 Å². The van der Waals surface area contributed by atoms with Gasteiger partial charge in [-0.2, -0.15) is 4.80 Å². The van der Waals surface area contributed by atoms with Crippen molar-refractivity contribution < 1.29 is 14.6 Å². The molecule has 8 heteroatoms. The van der Waals surface area contributed by atoms with Crippen molar-refractivity contribution in [3.63, 3.8) is 0 Å². The van der Waals surface area contributed by atoms with Crippen LogP contribution in [0.1, 0.15) is 12.0 Å². The van der Waals surface area contributed by atoms with E-state index in [4.69, 9.17) is 15.6 Å². The molecule has 0 aliphatic heterocycles. The van der Waals surface area contributed by atoms with Gasteiger partial charge in [0.1, 0.15) is 12.4 Å². The quantitative estimate of drug-likeness (QED) is 0.633. The molecule has 1 unspecified atom stereocenters. The van der Waals surface area contributed by atoms with Gasteiger partial charge in [0.15, 0.2) is 0 Å². The number of nitrogens with zero attached hydrogens (tertiary/aromatic N) is 4. The summed E-state index contributed by atoms with van der Waals surface area (Å²) in [5.74, 6) is 0.236. The Morgan fingerprint density at radius 3 is 2.58 bits per heavy atom. The van der Waals surface area contributed by atoms with Crippen LogP contribution in [0.25, 0.3) is 11.4 Å². The molecular formula is C18H19N5O3. The molecule has 0 aliphatic rings. The van der Waals surface area contributed by atoms with Crippen molar-refractivity contribution in [2.45, 2.75) is 25.6 Å². The highest BCUT2D eigenvalue weighted by molar-refractivity contribution is 5.67. The van der Waals surface area contributed by atoms with E-state index in [-0.39, 0.29) is 13.0 Å². The minimum absolute atomic E-state index is 0.148. The summed E-state index contributed by atoms with van der Waals surface area (Å²) in [6.45, 7) is 0.688. The molecule has 0 saturated heterocycles. The van der Waals surface area contributed by atoms with Gasteiger partial charge in [-0.3, -0.25) is 4.79 Å². The van der Waals surface area contributed by atoms with Gasteiger partial charge < -0.3 is 15.6 Å². The lowest BCUT2D eigenvalue weighted by molar-refractivity contribution is -0.137. The molecule has 3 aromatic rings. The molecule has 0 spiro atoms. The Morgan fingerprint density at radius 2 is 1.88 bits per heavy atom. The maximum absolute atomic E-state index is 10.6. The Labute approximate surface area is 150 Å². The molecule has 8 nitrogen and oxygen atoms in total. The first-order chi connectivity index (χ1) is 12.6. The van der Waals surface area contributed by atoms with E-state index in [1.54, 1.807) is 0 Å². The van der Waals surface area contributed by atoms with E-state index in [9.17, 15) is 4.79 Å². The number of carbonyl (C=O) groups is 1. The highest BCUT2D eigenvalue weighted by Gasteiger charge is 2.12. The van der Waals surface area contributed by atoms with Gasteiger partial charge in [-0.15, -0.1) is 10.2 Å². The molecule has 1 heterocycles. The van der Waals surface area contributed by atoms with Crippen LogP contribution >= 0.6 is 0 Å². The first-order valence-electron chi connectivity index (χ1n) is 8.12. The van der Waals surface area contributed by atoms with Crippen LogP contribution in [-0.2, 0) is 17.9 Å². The molecule has 2 aromatic carbocycles. The highest BCUT2D eigenvalue weighted by Crippen LogP contribution is 2.19. The molecule has 134 valence electrons. The SMILES string of the molecule is NC(CC(=O)O)Cn1nnc(-c2ccc(OCc3ccccc3)cc2)n1. The summed E-state index contributed by atoms with van der Waals surface area (Å²) < 4.78 is 5.74. The Bertz CT molecular complexity index is 849. The van der Waals surface area contributed by atoms with Crippen molar-refractivity contribution in [1.82, 2.24) is 20.2 Å². The zero-order valence-electron chi connectivity index (χ0n) is 14.0. The van der Waals surface area contributed by atoms with Crippen LogP contribution in [0, 0.1) is 0 Å². The van der Waals surface area contributed by atoms with Crippen LogP contribution in [0.5, 0.6) is 5.75 Å². The Kier molecular flexibility index (Phi) is 5.55. The van der Waals surface area contributed by atoms with Crippen LogP contribution in [0.2, 0.25) is 0 Å². The summed E-state index contributed by atoms with van der Waals surface area (Å²) >= 11 is 0. The first kappa shape index (κ1) is 17.6. The van der Waals surface area contributed by atoms with Gasteiger partial charge >= 0.3 is 5.97 Å². The lowest BCUT2D eigenvalue weighted by Crippen LogP contribution is -2.30. The lowest BCUT2D eigenvalue weighted by atomic mass is 10.2. The third-order valence-corrected chi connectivity index (χ3v) is 3.65. The van der Waals surface area contributed by atoms with E-state index in [2.05, 4.69) is 15.4 Å². The molecular weight excluding hydrogens is 334 g/mol. The molecule has 3 N–H and O–H groups in total. The number of rotatable bonds is 8. The van der Waals surface area contributed by atoms with Crippen LogP contribution in [-0.4, -0.2) is 37.3 Å². The number of carboxylic acids is 1. The maximum atomic E-state index is 10.6. The summed E-state index contributed by atoms with van der Waals surface area (Å²) in [4.78, 5) is 12.0. The number of hydrogen-bond donors (Lipinski definition) is 2. The second-order valence-electron chi connectivity index (χ2n) is 5.82. The van der Waals surface area contributed by atoms with Gasteiger partial charge in [0.05, 0.1) is 13.0 Å². The molecule has 0 radical (unpaired) electrons. The number of aromatic nitrogens is 4. The standard InChI is InChI=1S/C18H19N5O3/c19-15(10-17(24)25)11-23-21-18(20-22-23)14-6-8-16(9-7-14)26-12-13-4-2-1-3-5-13/h1-9,15H,10-12,19H2,(H,24,25). The molecule has 0 fully saturated rings. The molecule has 0 saturated carbocycles. The van der Waals surface area contributed by atoms with Crippen LogP contribution in [0.15, 0.2) is 54.6 Å². The van der Waals surface area contributed by atoms with E-state index in [1.165, 1.54) is 4.80 Å². The van der Waals surface area contributed by atoms with Gasteiger partial charge in [0.2, 0.25) is 5.82 Å². The largest absolute Gasteiger partial charge is 0.489 e. The molecule has 0 amide bonds. The topological polar surface area (TPSA) is 116 Å². The monoisotopic (exact) mass is 353 g/mol. The summed E-state index contributed by atoms with van der Waals surface area (Å²) in [6, 6.07) is 16.7. The minimum Gasteiger partial charge on any atom is -0.489 e. The Balaban J connectivity index is 1.59. The Morgan fingerprint density at radius 1 is 1.15 bits per heavy atom. The second-order valence-corrected chi connectivity index (χ2v) is 5.82. The van der Waals surface area contributed by atoms with Crippen molar-refractivity contribution in [3.05, 3.63) is 60.2 Å². The van der Waals surface area contributed by atoms with Gasteiger partial charge in [0.25, 0.3) is 0 Å². The van der Waals surface area contributed by atoms with E-state index in [1.807, 2.05) is 54.6 Å². The molecule has 0 aliphatic carbocycles. The predicted octanol–water partition coefficient (Wildman–Crippen LogP) is 1.72. The van der Waals surface area contributed by atoms with Gasteiger partial charge in [0, 0.05) is 11.6 Å². The maximum Gasteiger partial charge on any atom is 0.304 e. The summed E-state index contributed by atoms with van der Waals surface area (Å²) in [5.41, 5.74) is 7.61. The summed E-state index contributed by atoms with van der Waals surface area (Å²) in [5, 5.41) is 20.9. The lowest BCUT2D eigenvalue weighted by Gasteiger charge is -2.07. The van der Waals surface area contributed by atoms with Gasteiger partial charge in [-0.1, -0.05) is 30.3 Å². The molecule has 1 atom stereocenters. The summed E-state index contributed by atoms with van der Waals surface area (Å²) in [7, 11) is 0. The third-order valence-electron chi connectivity index (χ3n) is 3.65. The minimum atomic E-state index is -0.955. The average Bonchev–Trinajstić information content (AvgIpc) is 3.09. The fourth-order valence-electron chi connectivity index (χ4n) is 2.38. The van der Waals surface area contributed by atoms with Gasteiger partial charge in [-0.05, 0) is 35.0 Å². The highest BCUT2D eigenvalue weighted by atomic mass is 16.5. The molecule has 26 heavy (non-hydrogen) atoms. The molecule has 3 rings (SSSR count). The third kappa shape index (κ3) is 4.87. The number of tetrazole rings is 1. The van der Waals surface area contributed by atoms with Crippen molar-refractivity contribution >= 4 is 5.97 Å². The number of ether oxygens (including phenoxy) is 1. The zero-order valence-corrected chi connectivity index (χ0v) is 14.0. The normalized spacial score (nSPS) is 11.9. The predicted molar refractivity (Wildman–Crippen MR) is 94.3 cm³/mol. The number of carboxylic acid groups (broad SMARTS) is 1. The van der Waals surface area contributed by atoms with Crippen molar-refractivity contribution in [1.29, 1.82) is 0 Å². The fraction of sp³-hybridized carbons (Fsp3) is 0.222. The van der Waals surface area contributed by atoms with E-state index in [0.717, 1.165) is 16.9 Å². The Hall–Kier alpha value is -3.26. The van der Waals surface area contributed by atoms with Crippen LogP contribution in [0.4, 0.5) is 0 Å². The molecule has 1 aromatic heterocycles. The second kappa shape index (κ2) is 8.21. The first-order valence-corrected chi connectivity index (χ1v) is 8.12. The van der Waals surface area contributed by atoms with Gasteiger partial charge in [-0.25, -0.2) is 0 Å². The number of benzene rings is 2. The number of hydrogen-bond acceptors (Lipinski definition) is 6.